The third-order valence-electron chi connectivity index (χ3n) is 2.58. The molecule has 1 fully saturated rings. The summed E-state index contributed by atoms with van der Waals surface area (Å²) >= 11 is 5.88. The van der Waals surface area contributed by atoms with E-state index in [2.05, 4.69) is 9.97 Å². The summed E-state index contributed by atoms with van der Waals surface area (Å²) in [6.07, 6.45) is 4.94. The molecule has 5 heteroatoms. The highest BCUT2D eigenvalue weighted by Gasteiger charge is 2.17. The first-order chi connectivity index (χ1) is 7.78. The van der Waals surface area contributed by atoms with Gasteiger partial charge in [0.2, 0.25) is 5.88 Å². The topological polar surface area (TPSA) is 44.2 Å². The lowest BCUT2D eigenvalue weighted by molar-refractivity contribution is 0.171. The lowest BCUT2D eigenvalue weighted by Gasteiger charge is -2.12. The summed E-state index contributed by atoms with van der Waals surface area (Å²) in [6.45, 7) is 0.349. The molecule has 1 saturated carbocycles. The molecule has 0 radical (unpaired) electrons. The van der Waals surface area contributed by atoms with Crippen LogP contribution in [0.4, 0.5) is 0 Å². The number of rotatable bonds is 4. The van der Waals surface area contributed by atoms with Gasteiger partial charge in [0, 0.05) is 13.2 Å². The van der Waals surface area contributed by atoms with Gasteiger partial charge in [0.1, 0.15) is 17.9 Å². The minimum absolute atomic E-state index is 0.279. The molecule has 0 unspecified atom stereocenters. The molecule has 88 valence electrons. The number of ether oxygens (including phenoxy) is 2. The molecule has 0 aromatic carbocycles. The van der Waals surface area contributed by atoms with Gasteiger partial charge in [-0.3, -0.25) is 0 Å². The van der Waals surface area contributed by atoms with Crippen molar-refractivity contribution < 1.29 is 9.47 Å². The summed E-state index contributed by atoms with van der Waals surface area (Å²) in [5.74, 6) is 1.11. The summed E-state index contributed by atoms with van der Waals surface area (Å²) in [6, 6.07) is 1.65. The summed E-state index contributed by atoms with van der Waals surface area (Å²) < 4.78 is 10.7. The Morgan fingerprint density at radius 2 is 2.12 bits per heavy atom. The van der Waals surface area contributed by atoms with Crippen LogP contribution >= 0.6 is 11.6 Å². The Kier molecular flexibility index (Phi) is 3.96. The van der Waals surface area contributed by atoms with Gasteiger partial charge in [0.05, 0.1) is 0 Å². The van der Waals surface area contributed by atoms with Gasteiger partial charge in [-0.15, -0.1) is 0 Å². The Morgan fingerprint density at radius 1 is 1.38 bits per heavy atom. The van der Waals surface area contributed by atoms with Crippen molar-refractivity contribution in [3.8, 4) is 5.88 Å². The van der Waals surface area contributed by atoms with Crippen molar-refractivity contribution in [3.05, 3.63) is 17.0 Å². The number of methoxy groups -OCH3 is 1. The van der Waals surface area contributed by atoms with Crippen LogP contribution in [0.15, 0.2) is 6.07 Å². The molecule has 1 heterocycles. The van der Waals surface area contributed by atoms with Crippen molar-refractivity contribution in [2.24, 2.45) is 0 Å². The van der Waals surface area contributed by atoms with Crippen molar-refractivity contribution >= 4 is 11.6 Å². The van der Waals surface area contributed by atoms with Crippen LogP contribution in [0.2, 0.25) is 5.15 Å². The van der Waals surface area contributed by atoms with Crippen molar-refractivity contribution in [3.63, 3.8) is 0 Å². The second-order valence-electron chi connectivity index (χ2n) is 3.90. The molecule has 1 aromatic rings. The maximum atomic E-state index is 5.88. The molecule has 1 aliphatic rings. The van der Waals surface area contributed by atoms with Crippen molar-refractivity contribution in [1.82, 2.24) is 9.97 Å². The Balaban J connectivity index is 2.06. The Labute approximate surface area is 99.9 Å². The van der Waals surface area contributed by atoms with Crippen LogP contribution in [-0.2, 0) is 11.3 Å². The Bertz CT molecular complexity index is 354. The van der Waals surface area contributed by atoms with Gasteiger partial charge >= 0.3 is 0 Å². The van der Waals surface area contributed by atoms with E-state index in [0.29, 0.717) is 23.5 Å². The van der Waals surface area contributed by atoms with E-state index >= 15 is 0 Å². The first-order valence-electron chi connectivity index (χ1n) is 5.47. The van der Waals surface area contributed by atoms with Crippen LogP contribution in [0.1, 0.15) is 31.5 Å². The van der Waals surface area contributed by atoms with E-state index in [1.54, 1.807) is 13.2 Å². The molecule has 0 amide bonds. The zero-order valence-electron chi connectivity index (χ0n) is 9.28. The highest BCUT2D eigenvalue weighted by atomic mass is 35.5. The second-order valence-corrected chi connectivity index (χ2v) is 4.29. The van der Waals surface area contributed by atoms with E-state index in [1.807, 2.05) is 0 Å². The predicted molar refractivity (Wildman–Crippen MR) is 60.6 cm³/mol. The average molecular weight is 243 g/mol. The molecular weight excluding hydrogens is 228 g/mol. The van der Waals surface area contributed by atoms with Crippen LogP contribution in [0.5, 0.6) is 5.88 Å². The van der Waals surface area contributed by atoms with Crippen molar-refractivity contribution in [2.75, 3.05) is 7.11 Å². The maximum absolute atomic E-state index is 5.88. The second kappa shape index (κ2) is 5.46. The molecule has 0 saturated heterocycles. The molecule has 1 aromatic heterocycles. The largest absolute Gasteiger partial charge is 0.474 e. The SMILES string of the molecule is COCc1nc(Cl)cc(OC2CCCC2)n1. The van der Waals surface area contributed by atoms with Crippen LogP contribution in [0.3, 0.4) is 0 Å². The van der Waals surface area contributed by atoms with Gasteiger partial charge in [-0.05, 0) is 25.7 Å². The summed E-state index contributed by atoms with van der Waals surface area (Å²) in [5, 5.41) is 0.398. The molecule has 0 aliphatic heterocycles. The van der Waals surface area contributed by atoms with E-state index in [9.17, 15) is 0 Å². The summed E-state index contributed by atoms with van der Waals surface area (Å²) in [7, 11) is 1.60. The maximum Gasteiger partial charge on any atom is 0.218 e. The lowest BCUT2D eigenvalue weighted by Crippen LogP contribution is -2.13. The minimum atomic E-state index is 0.279. The summed E-state index contributed by atoms with van der Waals surface area (Å²) in [5.41, 5.74) is 0. The normalized spacial score (nSPS) is 16.6. The highest BCUT2D eigenvalue weighted by molar-refractivity contribution is 6.29. The molecule has 2 rings (SSSR count). The number of halogens is 1. The van der Waals surface area contributed by atoms with E-state index < -0.39 is 0 Å². The van der Waals surface area contributed by atoms with Crippen LogP contribution in [0, 0.1) is 0 Å². The fraction of sp³-hybridized carbons (Fsp3) is 0.636. The van der Waals surface area contributed by atoms with Crippen LogP contribution < -0.4 is 4.74 Å². The standard InChI is InChI=1S/C11H15ClN2O2/c1-15-7-10-13-9(12)6-11(14-10)16-8-4-2-3-5-8/h6,8H,2-5,7H2,1H3. The van der Waals surface area contributed by atoms with E-state index in [1.165, 1.54) is 12.8 Å². The van der Waals surface area contributed by atoms with Crippen LogP contribution in [-0.4, -0.2) is 23.2 Å². The zero-order chi connectivity index (χ0) is 11.4. The third kappa shape index (κ3) is 3.06. The van der Waals surface area contributed by atoms with Gasteiger partial charge in [-0.25, -0.2) is 4.98 Å². The van der Waals surface area contributed by atoms with Crippen molar-refractivity contribution in [2.45, 2.75) is 38.4 Å². The molecule has 16 heavy (non-hydrogen) atoms. The first-order valence-corrected chi connectivity index (χ1v) is 5.85. The third-order valence-corrected chi connectivity index (χ3v) is 2.77. The molecule has 0 spiro atoms. The number of hydrogen-bond acceptors (Lipinski definition) is 4. The monoisotopic (exact) mass is 242 g/mol. The molecule has 0 N–H and O–H groups in total. The first kappa shape index (κ1) is 11.6. The fourth-order valence-electron chi connectivity index (χ4n) is 1.87. The molecule has 4 nitrogen and oxygen atoms in total. The van der Waals surface area contributed by atoms with Gasteiger partial charge in [0.25, 0.3) is 0 Å². The molecule has 0 bridgehead atoms. The van der Waals surface area contributed by atoms with Gasteiger partial charge in [-0.1, -0.05) is 11.6 Å². The number of nitrogens with zero attached hydrogens (tertiary/aromatic N) is 2. The average Bonchev–Trinajstić information content (AvgIpc) is 2.70. The van der Waals surface area contributed by atoms with E-state index in [-0.39, 0.29) is 6.10 Å². The number of aromatic nitrogens is 2. The molecular formula is C11H15ClN2O2. The zero-order valence-corrected chi connectivity index (χ0v) is 10.0. The number of hydrogen-bond donors (Lipinski definition) is 0. The Hall–Kier alpha value is -0.870. The van der Waals surface area contributed by atoms with E-state index in [4.69, 9.17) is 21.1 Å². The van der Waals surface area contributed by atoms with Gasteiger partial charge in [-0.2, -0.15) is 4.98 Å². The van der Waals surface area contributed by atoms with E-state index in [0.717, 1.165) is 12.8 Å². The minimum Gasteiger partial charge on any atom is -0.474 e. The van der Waals surface area contributed by atoms with Crippen molar-refractivity contribution in [1.29, 1.82) is 0 Å². The lowest BCUT2D eigenvalue weighted by atomic mass is 10.3. The highest BCUT2D eigenvalue weighted by Crippen LogP contribution is 2.24. The van der Waals surface area contributed by atoms with Gasteiger partial charge < -0.3 is 9.47 Å². The fourth-order valence-corrected chi connectivity index (χ4v) is 2.06. The predicted octanol–water partition coefficient (Wildman–Crippen LogP) is 2.60. The molecule has 1 aliphatic carbocycles. The Morgan fingerprint density at radius 3 is 2.81 bits per heavy atom. The van der Waals surface area contributed by atoms with Gasteiger partial charge in [0.15, 0.2) is 5.82 Å². The smallest absolute Gasteiger partial charge is 0.218 e. The summed E-state index contributed by atoms with van der Waals surface area (Å²) in [4.78, 5) is 8.29. The quantitative estimate of drug-likeness (QED) is 0.762. The van der Waals surface area contributed by atoms with Crippen LogP contribution in [0.25, 0.3) is 0 Å². The molecule has 0 atom stereocenters.